The van der Waals surface area contributed by atoms with Crippen LogP contribution in [0.5, 0.6) is 0 Å². The van der Waals surface area contributed by atoms with E-state index in [1.807, 2.05) is 6.92 Å². The minimum absolute atomic E-state index is 0.0618. The third-order valence-corrected chi connectivity index (χ3v) is 6.45. The predicted octanol–water partition coefficient (Wildman–Crippen LogP) is 3.22. The van der Waals surface area contributed by atoms with Gasteiger partial charge in [0.15, 0.2) is 0 Å². The largest absolute Gasteiger partial charge is 0.404 e. The monoisotopic (exact) mass is 389 g/mol. The van der Waals surface area contributed by atoms with Gasteiger partial charge in [-0.2, -0.15) is 18.3 Å². The molecule has 156 valence electrons. The van der Waals surface area contributed by atoms with Crippen LogP contribution in [0.1, 0.15) is 71.1 Å². The van der Waals surface area contributed by atoms with Crippen molar-refractivity contribution < 1.29 is 13.2 Å². The first-order chi connectivity index (χ1) is 12.8. The maximum atomic E-state index is 13.4. The Kier molecular flexibility index (Phi) is 7.03. The maximum Gasteiger partial charge on any atom is 0.404 e. The number of nitrogens with two attached hydrogens (primary N) is 1. The Morgan fingerprint density at radius 3 is 2.41 bits per heavy atom. The molecule has 0 amide bonds. The van der Waals surface area contributed by atoms with Crippen LogP contribution in [-0.2, 0) is 0 Å². The van der Waals surface area contributed by atoms with E-state index in [9.17, 15) is 13.2 Å². The second kappa shape index (κ2) is 9.09. The van der Waals surface area contributed by atoms with Gasteiger partial charge < -0.3 is 5.73 Å². The second-order valence-electron chi connectivity index (χ2n) is 8.60. The van der Waals surface area contributed by atoms with E-state index in [0.717, 1.165) is 57.1 Å². The molecule has 3 rings (SSSR count). The lowest BCUT2D eigenvalue weighted by atomic mass is 9.83. The van der Waals surface area contributed by atoms with Crippen LogP contribution in [0.15, 0.2) is 5.10 Å². The number of hydrogen-bond acceptors (Lipinski definition) is 5. The second-order valence-corrected chi connectivity index (χ2v) is 8.60. The van der Waals surface area contributed by atoms with E-state index in [-0.39, 0.29) is 24.5 Å². The molecule has 0 radical (unpaired) electrons. The van der Waals surface area contributed by atoms with Crippen molar-refractivity contribution >= 4 is 5.71 Å². The van der Waals surface area contributed by atoms with E-state index in [0.29, 0.717) is 5.92 Å². The topological polar surface area (TPSA) is 74.5 Å². The molecule has 0 aromatic carbocycles. The maximum absolute atomic E-state index is 13.4. The first-order valence-corrected chi connectivity index (χ1v) is 10.5. The van der Waals surface area contributed by atoms with Gasteiger partial charge >= 0.3 is 6.18 Å². The van der Waals surface area contributed by atoms with Crippen LogP contribution in [0.25, 0.3) is 0 Å². The highest BCUT2D eigenvalue weighted by atomic mass is 19.4. The Labute approximate surface area is 160 Å². The summed E-state index contributed by atoms with van der Waals surface area (Å²) in [4.78, 5) is 0. The van der Waals surface area contributed by atoms with Crippen LogP contribution in [0.2, 0.25) is 0 Å². The van der Waals surface area contributed by atoms with Crippen LogP contribution in [0.3, 0.4) is 0 Å². The Hall–Kier alpha value is -0.860. The molecule has 0 aromatic rings. The number of hydrazone groups is 1. The molecule has 2 saturated carbocycles. The van der Waals surface area contributed by atoms with Gasteiger partial charge in [0.2, 0.25) is 0 Å². The number of nitrogens with one attached hydrogen (secondary N) is 3. The van der Waals surface area contributed by atoms with Gasteiger partial charge in [-0.15, -0.1) is 0 Å². The van der Waals surface area contributed by atoms with E-state index in [1.165, 1.54) is 6.42 Å². The smallest absolute Gasteiger partial charge is 0.328 e. The van der Waals surface area contributed by atoms with E-state index in [1.54, 1.807) is 0 Å². The summed E-state index contributed by atoms with van der Waals surface area (Å²) in [6.07, 6.45) is 4.32. The van der Waals surface area contributed by atoms with Gasteiger partial charge in [0, 0.05) is 24.1 Å². The minimum atomic E-state index is -4.25. The summed E-state index contributed by atoms with van der Waals surface area (Å²) < 4.78 is 40.3. The molecule has 1 saturated heterocycles. The van der Waals surface area contributed by atoms with Crippen molar-refractivity contribution in [3.63, 3.8) is 0 Å². The average Bonchev–Trinajstić information content (AvgIpc) is 2.66. The zero-order valence-electron chi connectivity index (χ0n) is 16.2. The molecule has 3 aliphatic rings. The van der Waals surface area contributed by atoms with Gasteiger partial charge in [0.05, 0.1) is 12.3 Å². The van der Waals surface area contributed by atoms with Crippen molar-refractivity contribution in [2.75, 3.05) is 0 Å². The summed E-state index contributed by atoms with van der Waals surface area (Å²) >= 11 is 0. The lowest BCUT2D eigenvalue weighted by molar-refractivity contribution is -0.169. The van der Waals surface area contributed by atoms with Gasteiger partial charge in [0.1, 0.15) is 6.04 Å². The highest BCUT2D eigenvalue weighted by molar-refractivity contribution is 5.84. The van der Waals surface area contributed by atoms with Gasteiger partial charge in [-0.1, -0.05) is 25.7 Å². The standard InChI is InChI=1S/C19H34F3N5/c1-12(14-8-5-9-15(23)10-14)26-27-17-11-16(19(20,21)22)24-18(25-17)13-6-3-2-4-7-13/h13-18,24-25,27H,2-11,23H2,1H3/b26-12+. The highest BCUT2D eigenvalue weighted by Crippen LogP contribution is 2.31. The van der Waals surface area contributed by atoms with Crippen LogP contribution in [-0.4, -0.2) is 36.3 Å². The molecule has 5 nitrogen and oxygen atoms in total. The molecule has 5 atom stereocenters. The van der Waals surface area contributed by atoms with Crippen molar-refractivity contribution in [1.82, 2.24) is 16.1 Å². The molecule has 1 aliphatic heterocycles. The zero-order valence-corrected chi connectivity index (χ0v) is 16.2. The van der Waals surface area contributed by atoms with E-state index < -0.39 is 18.4 Å². The molecular formula is C19H34F3N5. The van der Waals surface area contributed by atoms with E-state index in [2.05, 4.69) is 21.2 Å². The fourth-order valence-corrected chi connectivity index (χ4v) is 4.79. The summed E-state index contributed by atoms with van der Waals surface area (Å²) in [5, 5.41) is 10.6. The molecule has 8 heteroatoms. The molecule has 1 heterocycles. The minimum Gasteiger partial charge on any atom is -0.328 e. The summed E-state index contributed by atoms with van der Waals surface area (Å²) in [6, 6.07) is -1.29. The third-order valence-electron chi connectivity index (χ3n) is 6.45. The SMILES string of the molecule is C/C(=N\NC1CC(C(F)(F)F)NC(C2CCCCC2)N1)C1CCCC(N)C1. The molecule has 5 unspecified atom stereocenters. The summed E-state index contributed by atoms with van der Waals surface area (Å²) in [7, 11) is 0. The molecule has 0 aromatic heterocycles. The molecular weight excluding hydrogens is 355 g/mol. The first-order valence-electron chi connectivity index (χ1n) is 10.5. The summed E-state index contributed by atoms with van der Waals surface area (Å²) in [5.41, 5.74) is 10.00. The lowest BCUT2D eigenvalue weighted by Gasteiger charge is -2.42. The van der Waals surface area contributed by atoms with Crippen molar-refractivity contribution in [2.45, 2.75) is 102 Å². The Morgan fingerprint density at radius 2 is 1.74 bits per heavy atom. The summed E-state index contributed by atoms with van der Waals surface area (Å²) in [5.74, 6) is 0.574. The van der Waals surface area contributed by atoms with Crippen molar-refractivity contribution in [1.29, 1.82) is 0 Å². The number of hydrogen-bond donors (Lipinski definition) is 4. The molecule has 0 spiro atoms. The quantitative estimate of drug-likeness (QED) is 0.440. The lowest BCUT2D eigenvalue weighted by Crippen LogP contribution is -2.67. The van der Waals surface area contributed by atoms with E-state index in [4.69, 9.17) is 5.73 Å². The number of rotatable bonds is 4. The van der Waals surface area contributed by atoms with Crippen molar-refractivity contribution in [2.24, 2.45) is 22.7 Å². The number of nitrogens with zero attached hydrogens (tertiary/aromatic N) is 1. The molecule has 27 heavy (non-hydrogen) atoms. The van der Waals surface area contributed by atoms with Gasteiger partial charge in [-0.05, 0) is 44.9 Å². The molecule has 5 N–H and O–H groups in total. The van der Waals surface area contributed by atoms with Crippen molar-refractivity contribution in [3.05, 3.63) is 0 Å². The Morgan fingerprint density at radius 1 is 1.00 bits per heavy atom. The van der Waals surface area contributed by atoms with Gasteiger partial charge in [0.25, 0.3) is 0 Å². The van der Waals surface area contributed by atoms with Crippen LogP contribution < -0.4 is 21.8 Å². The first kappa shape index (κ1) is 20.9. The van der Waals surface area contributed by atoms with Crippen LogP contribution in [0.4, 0.5) is 13.2 Å². The van der Waals surface area contributed by atoms with Crippen molar-refractivity contribution in [3.8, 4) is 0 Å². The fourth-order valence-electron chi connectivity index (χ4n) is 4.79. The van der Waals surface area contributed by atoms with Crippen LogP contribution >= 0.6 is 0 Å². The van der Waals surface area contributed by atoms with Gasteiger partial charge in [-0.3, -0.25) is 16.1 Å². The Bertz CT molecular complexity index is 504. The van der Waals surface area contributed by atoms with Gasteiger partial charge in [-0.25, -0.2) is 0 Å². The van der Waals surface area contributed by atoms with E-state index >= 15 is 0 Å². The number of alkyl halides is 3. The number of halogens is 3. The van der Waals surface area contributed by atoms with Crippen LogP contribution in [0, 0.1) is 11.8 Å². The molecule has 2 aliphatic carbocycles. The summed E-state index contributed by atoms with van der Waals surface area (Å²) in [6.45, 7) is 1.96. The predicted molar refractivity (Wildman–Crippen MR) is 101 cm³/mol. The Balaban J connectivity index is 1.62. The third kappa shape index (κ3) is 5.81. The highest BCUT2D eigenvalue weighted by Gasteiger charge is 2.46. The normalized spacial score (nSPS) is 37.2. The fraction of sp³-hybridized carbons (Fsp3) is 0.947. The average molecular weight is 390 g/mol. The zero-order chi connectivity index (χ0) is 19.4. The molecule has 0 bridgehead atoms. The molecule has 3 fully saturated rings.